The molecule has 0 aliphatic carbocycles. The molecule has 2 aromatic rings. The van der Waals surface area contributed by atoms with Gasteiger partial charge in [-0.2, -0.15) is 0 Å². The Bertz CT molecular complexity index is 519. The molecule has 0 spiro atoms. The van der Waals surface area contributed by atoms with E-state index >= 15 is 0 Å². The van der Waals surface area contributed by atoms with Crippen LogP contribution in [0.2, 0.25) is 0 Å². The van der Waals surface area contributed by atoms with Gasteiger partial charge >= 0.3 is 0 Å². The molecule has 1 heterocycles. The SMILES string of the molecule is COc1cc(Br)ccc1C(NN)c1cccnc1. The minimum atomic E-state index is -0.151. The normalized spacial score (nSPS) is 12.2. The molecule has 1 atom stereocenters. The lowest BCUT2D eigenvalue weighted by Gasteiger charge is -2.19. The molecular formula is C13H14BrN3O. The molecule has 0 bridgehead atoms. The van der Waals surface area contributed by atoms with Crippen LogP contribution in [-0.2, 0) is 0 Å². The number of rotatable bonds is 4. The maximum Gasteiger partial charge on any atom is 0.125 e. The molecule has 0 aliphatic rings. The van der Waals surface area contributed by atoms with E-state index in [4.69, 9.17) is 10.6 Å². The quantitative estimate of drug-likeness (QED) is 0.672. The van der Waals surface area contributed by atoms with Crippen molar-refractivity contribution in [3.63, 3.8) is 0 Å². The van der Waals surface area contributed by atoms with Crippen molar-refractivity contribution < 1.29 is 4.74 Å². The fraction of sp³-hybridized carbons (Fsp3) is 0.154. The Labute approximate surface area is 114 Å². The van der Waals surface area contributed by atoms with Crippen molar-refractivity contribution in [3.05, 3.63) is 58.3 Å². The standard InChI is InChI=1S/C13H14BrN3O/c1-18-12-7-10(14)4-5-11(12)13(17-15)9-3-2-6-16-8-9/h2-8,13,17H,15H2,1H3. The van der Waals surface area contributed by atoms with Crippen molar-refractivity contribution in [1.82, 2.24) is 10.4 Å². The molecule has 3 N–H and O–H groups in total. The molecule has 0 amide bonds. The Morgan fingerprint density at radius 1 is 1.39 bits per heavy atom. The molecule has 1 aromatic carbocycles. The van der Waals surface area contributed by atoms with Crippen LogP contribution in [0.1, 0.15) is 17.2 Å². The Kier molecular flexibility index (Phi) is 4.30. The van der Waals surface area contributed by atoms with Crippen LogP contribution in [0.5, 0.6) is 5.75 Å². The number of hydrogen-bond donors (Lipinski definition) is 2. The second-order valence-corrected chi connectivity index (χ2v) is 4.69. The third-order valence-electron chi connectivity index (χ3n) is 2.69. The molecule has 0 saturated heterocycles. The number of halogens is 1. The summed E-state index contributed by atoms with van der Waals surface area (Å²) >= 11 is 3.42. The van der Waals surface area contributed by atoms with Crippen molar-refractivity contribution in [2.24, 2.45) is 5.84 Å². The third kappa shape index (κ3) is 2.69. The highest BCUT2D eigenvalue weighted by atomic mass is 79.9. The lowest BCUT2D eigenvalue weighted by Crippen LogP contribution is -2.29. The van der Waals surface area contributed by atoms with E-state index < -0.39 is 0 Å². The van der Waals surface area contributed by atoms with Crippen LogP contribution >= 0.6 is 15.9 Å². The fourth-order valence-electron chi connectivity index (χ4n) is 1.84. The van der Waals surface area contributed by atoms with Crippen LogP contribution in [0.15, 0.2) is 47.2 Å². The van der Waals surface area contributed by atoms with Crippen molar-refractivity contribution in [3.8, 4) is 5.75 Å². The molecule has 2 rings (SSSR count). The second kappa shape index (κ2) is 5.95. The maximum absolute atomic E-state index is 5.65. The molecule has 4 nitrogen and oxygen atoms in total. The average molecular weight is 308 g/mol. The molecule has 0 radical (unpaired) electrons. The number of nitrogens with one attached hydrogen (secondary N) is 1. The maximum atomic E-state index is 5.65. The summed E-state index contributed by atoms with van der Waals surface area (Å²) in [6, 6.07) is 9.54. The summed E-state index contributed by atoms with van der Waals surface area (Å²) in [6.45, 7) is 0. The minimum Gasteiger partial charge on any atom is -0.496 e. The van der Waals surface area contributed by atoms with Gasteiger partial charge in [-0.1, -0.05) is 28.1 Å². The first-order valence-electron chi connectivity index (χ1n) is 5.45. The number of methoxy groups -OCH3 is 1. The first kappa shape index (κ1) is 13.0. The summed E-state index contributed by atoms with van der Waals surface area (Å²) in [7, 11) is 1.64. The number of hydrazine groups is 1. The molecule has 1 aromatic heterocycles. The largest absolute Gasteiger partial charge is 0.496 e. The fourth-order valence-corrected chi connectivity index (χ4v) is 2.18. The van der Waals surface area contributed by atoms with Gasteiger partial charge in [0.15, 0.2) is 0 Å². The summed E-state index contributed by atoms with van der Waals surface area (Å²) in [4.78, 5) is 4.11. The molecule has 0 fully saturated rings. The van der Waals surface area contributed by atoms with Gasteiger partial charge in [-0.05, 0) is 23.8 Å². The lowest BCUT2D eigenvalue weighted by atomic mass is 10.00. The molecular weight excluding hydrogens is 294 g/mol. The Morgan fingerprint density at radius 2 is 2.22 bits per heavy atom. The number of hydrogen-bond acceptors (Lipinski definition) is 4. The van der Waals surface area contributed by atoms with Crippen LogP contribution in [0.3, 0.4) is 0 Å². The summed E-state index contributed by atoms with van der Waals surface area (Å²) < 4.78 is 6.35. The van der Waals surface area contributed by atoms with Crippen LogP contribution in [0.4, 0.5) is 0 Å². The van der Waals surface area contributed by atoms with E-state index in [0.29, 0.717) is 0 Å². The lowest BCUT2D eigenvalue weighted by molar-refractivity contribution is 0.404. The first-order chi connectivity index (χ1) is 8.76. The molecule has 5 heteroatoms. The monoisotopic (exact) mass is 307 g/mol. The number of pyridine rings is 1. The summed E-state index contributed by atoms with van der Waals surface area (Å²) in [6.07, 6.45) is 3.52. The number of nitrogens with zero attached hydrogens (tertiary/aromatic N) is 1. The number of aromatic nitrogens is 1. The van der Waals surface area contributed by atoms with E-state index in [1.807, 2.05) is 30.3 Å². The van der Waals surface area contributed by atoms with Gasteiger partial charge in [0, 0.05) is 22.4 Å². The van der Waals surface area contributed by atoms with Gasteiger partial charge in [0.05, 0.1) is 13.2 Å². The predicted molar refractivity (Wildman–Crippen MR) is 74.1 cm³/mol. The van der Waals surface area contributed by atoms with Gasteiger partial charge in [0.1, 0.15) is 5.75 Å². The Hall–Kier alpha value is -1.43. The zero-order chi connectivity index (χ0) is 13.0. The Morgan fingerprint density at radius 3 is 2.83 bits per heavy atom. The third-order valence-corrected chi connectivity index (χ3v) is 3.18. The number of benzene rings is 1. The Balaban J connectivity index is 2.45. The van der Waals surface area contributed by atoms with Crippen LogP contribution in [0, 0.1) is 0 Å². The van der Waals surface area contributed by atoms with Crippen molar-refractivity contribution in [2.45, 2.75) is 6.04 Å². The number of nitrogens with two attached hydrogens (primary N) is 1. The second-order valence-electron chi connectivity index (χ2n) is 3.77. The van der Waals surface area contributed by atoms with Gasteiger partial charge < -0.3 is 4.74 Å². The van der Waals surface area contributed by atoms with E-state index in [2.05, 4.69) is 26.3 Å². The highest BCUT2D eigenvalue weighted by Crippen LogP contribution is 2.31. The zero-order valence-corrected chi connectivity index (χ0v) is 11.5. The van der Waals surface area contributed by atoms with E-state index in [-0.39, 0.29) is 6.04 Å². The van der Waals surface area contributed by atoms with Gasteiger partial charge in [-0.25, -0.2) is 5.43 Å². The van der Waals surface area contributed by atoms with Crippen LogP contribution in [0.25, 0.3) is 0 Å². The summed E-state index contributed by atoms with van der Waals surface area (Å²) in [5.41, 5.74) is 4.75. The minimum absolute atomic E-state index is 0.151. The highest BCUT2D eigenvalue weighted by molar-refractivity contribution is 9.10. The summed E-state index contributed by atoms with van der Waals surface area (Å²) in [5, 5.41) is 0. The van der Waals surface area contributed by atoms with E-state index in [0.717, 1.165) is 21.3 Å². The van der Waals surface area contributed by atoms with E-state index in [1.165, 1.54) is 0 Å². The van der Waals surface area contributed by atoms with Gasteiger partial charge in [0.25, 0.3) is 0 Å². The summed E-state index contributed by atoms with van der Waals surface area (Å²) in [5.74, 6) is 6.43. The zero-order valence-electron chi connectivity index (χ0n) is 9.93. The van der Waals surface area contributed by atoms with Crippen molar-refractivity contribution in [2.75, 3.05) is 7.11 Å². The molecule has 1 unspecified atom stereocenters. The van der Waals surface area contributed by atoms with Crippen LogP contribution in [-0.4, -0.2) is 12.1 Å². The van der Waals surface area contributed by atoms with Gasteiger partial charge in [-0.15, -0.1) is 0 Å². The molecule has 94 valence electrons. The first-order valence-corrected chi connectivity index (χ1v) is 6.25. The van der Waals surface area contributed by atoms with Gasteiger partial charge in [-0.3, -0.25) is 10.8 Å². The van der Waals surface area contributed by atoms with E-state index in [1.54, 1.807) is 19.5 Å². The van der Waals surface area contributed by atoms with Gasteiger partial charge in [0.2, 0.25) is 0 Å². The van der Waals surface area contributed by atoms with Crippen molar-refractivity contribution >= 4 is 15.9 Å². The predicted octanol–water partition coefficient (Wildman–Crippen LogP) is 2.41. The van der Waals surface area contributed by atoms with Crippen LogP contribution < -0.4 is 16.0 Å². The molecule has 0 saturated carbocycles. The molecule has 0 aliphatic heterocycles. The van der Waals surface area contributed by atoms with Crippen molar-refractivity contribution in [1.29, 1.82) is 0 Å². The topological polar surface area (TPSA) is 60.2 Å². The molecule has 18 heavy (non-hydrogen) atoms. The van der Waals surface area contributed by atoms with E-state index in [9.17, 15) is 0 Å². The highest BCUT2D eigenvalue weighted by Gasteiger charge is 2.17. The smallest absolute Gasteiger partial charge is 0.125 e. The number of ether oxygens (including phenoxy) is 1. The average Bonchev–Trinajstić information content (AvgIpc) is 2.42.